The van der Waals surface area contributed by atoms with Crippen molar-refractivity contribution in [3.63, 3.8) is 0 Å². The number of ether oxygens (including phenoxy) is 1. The van der Waals surface area contributed by atoms with Gasteiger partial charge in [0.05, 0.1) is 7.11 Å². The van der Waals surface area contributed by atoms with Crippen molar-refractivity contribution in [3.8, 4) is 5.75 Å². The molecule has 1 aromatic rings. The predicted octanol–water partition coefficient (Wildman–Crippen LogP) is 3.94. The molecule has 0 amide bonds. The molecular formula is C14H20O. The van der Waals surface area contributed by atoms with Gasteiger partial charge in [0.25, 0.3) is 0 Å². The van der Waals surface area contributed by atoms with Crippen LogP contribution in [0, 0.1) is 0 Å². The summed E-state index contributed by atoms with van der Waals surface area (Å²) in [6.45, 7) is 8.17. The summed E-state index contributed by atoms with van der Waals surface area (Å²) in [5.74, 6) is 1.33. The summed E-state index contributed by atoms with van der Waals surface area (Å²) >= 11 is 0. The Labute approximate surface area is 92.8 Å². The zero-order chi connectivity index (χ0) is 11.3. The van der Waals surface area contributed by atoms with Gasteiger partial charge >= 0.3 is 0 Å². The minimum absolute atomic E-state index is 0.385. The van der Waals surface area contributed by atoms with Gasteiger partial charge in [-0.2, -0.15) is 0 Å². The standard InChI is InChI=1S/C14H20O/c1-5-7-12-8-13(11(3)6-2)10-14(9-12)15-4/h6,8-11H,2,5,7H2,1,3-4H3. The third-order valence-electron chi connectivity index (χ3n) is 2.64. The third-order valence-corrected chi connectivity index (χ3v) is 2.64. The van der Waals surface area contributed by atoms with E-state index in [4.69, 9.17) is 4.74 Å². The minimum Gasteiger partial charge on any atom is -0.497 e. The molecule has 0 aromatic heterocycles. The summed E-state index contributed by atoms with van der Waals surface area (Å²) in [6.07, 6.45) is 4.23. The number of allylic oxidation sites excluding steroid dienone is 1. The van der Waals surface area contributed by atoms with Gasteiger partial charge in [-0.05, 0) is 35.6 Å². The highest BCUT2D eigenvalue weighted by molar-refractivity contribution is 5.37. The SMILES string of the molecule is C=CC(C)c1cc(CCC)cc(OC)c1. The Morgan fingerprint density at radius 2 is 2.13 bits per heavy atom. The minimum atomic E-state index is 0.385. The van der Waals surface area contributed by atoms with Crippen LogP contribution in [-0.4, -0.2) is 7.11 Å². The highest BCUT2D eigenvalue weighted by Gasteiger charge is 2.05. The Balaban J connectivity index is 3.04. The molecule has 0 radical (unpaired) electrons. The molecule has 0 aliphatic rings. The van der Waals surface area contributed by atoms with E-state index in [2.05, 4.69) is 38.6 Å². The second-order valence-corrected chi connectivity index (χ2v) is 3.89. The summed E-state index contributed by atoms with van der Waals surface area (Å²) in [6, 6.07) is 6.45. The average Bonchev–Trinajstić information content (AvgIpc) is 2.28. The van der Waals surface area contributed by atoms with Gasteiger partial charge in [-0.15, -0.1) is 6.58 Å². The molecule has 0 spiro atoms. The van der Waals surface area contributed by atoms with Gasteiger partial charge in [0.15, 0.2) is 0 Å². The molecule has 0 aliphatic carbocycles. The molecule has 0 saturated carbocycles. The first-order chi connectivity index (χ1) is 7.21. The normalized spacial score (nSPS) is 12.2. The lowest BCUT2D eigenvalue weighted by Gasteiger charge is -2.11. The molecule has 0 heterocycles. The zero-order valence-electron chi connectivity index (χ0n) is 9.92. The topological polar surface area (TPSA) is 9.23 Å². The van der Waals surface area contributed by atoms with E-state index in [0.717, 1.165) is 18.6 Å². The van der Waals surface area contributed by atoms with Crippen LogP contribution in [0.25, 0.3) is 0 Å². The van der Waals surface area contributed by atoms with Crippen LogP contribution >= 0.6 is 0 Å². The maximum atomic E-state index is 5.30. The molecule has 1 rings (SSSR count). The summed E-state index contributed by atoms with van der Waals surface area (Å²) < 4.78 is 5.30. The van der Waals surface area contributed by atoms with E-state index in [1.54, 1.807) is 7.11 Å². The van der Waals surface area contributed by atoms with Crippen molar-refractivity contribution in [1.82, 2.24) is 0 Å². The van der Waals surface area contributed by atoms with Crippen LogP contribution in [0.15, 0.2) is 30.9 Å². The largest absolute Gasteiger partial charge is 0.497 e. The quantitative estimate of drug-likeness (QED) is 0.660. The van der Waals surface area contributed by atoms with Crippen LogP contribution in [0.2, 0.25) is 0 Å². The average molecular weight is 204 g/mol. The van der Waals surface area contributed by atoms with Crippen LogP contribution in [0.5, 0.6) is 5.75 Å². The Hall–Kier alpha value is -1.24. The summed E-state index contributed by atoms with van der Waals surface area (Å²) in [7, 11) is 1.72. The fraction of sp³-hybridized carbons (Fsp3) is 0.429. The second-order valence-electron chi connectivity index (χ2n) is 3.89. The van der Waals surface area contributed by atoms with Crippen LogP contribution in [0.4, 0.5) is 0 Å². The molecule has 1 atom stereocenters. The second kappa shape index (κ2) is 5.59. The van der Waals surface area contributed by atoms with Crippen molar-refractivity contribution in [3.05, 3.63) is 42.0 Å². The lowest BCUT2D eigenvalue weighted by atomic mass is 9.97. The number of rotatable bonds is 5. The first-order valence-corrected chi connectivity index (χ1v) is 5.51. The molecule has 15 heavy (non-hydrogen) atoms. The van der Waals surface area contributed by atoms with Crippen molar-refractivity contribution in [2.45, 2.75) is 32.6 Å². The molecule has 0 aliphatic heterocycles. The molecule has 0 bridgehead atoms. The summed E-state index contributed by atoms with van der Waals surface area (Å²) in [4.78, 5) is 0. The summed E-state index contributed by atoms with van der Waals surface area (Å²) in [5.41, 5.74) is 2.63. The lowest BCUT2D eigenvalue weighted by molar-refractivity contribution is 0.413. The molecular weight excluding hydrogens is 184 g/mol. The van der Waals surface area contributed by atoms with Crippen molar-refractivity contribution >= 4 is 0 Å². The Morgan fingerprint density at radius 1 is 1.40 bits per heavy atom. The monoisotopic (exact) mass is 204 g/mol. The van der Waals surface area contributed by atoms with Crippen LogP contribution in [-0.2, 0) is 6.42 Å². The highest BCUT2D eigenvalue weighted by atomic mass is 16.5. The number of aryl methyl sites for hydroxylation is 1. The van der Waals surface area contributed by atoms with Crippen molar-refractivity contribution in [2.75, 3.05) is 7.11 Å². The lowest BCUT2D eigenvalue weighted by Crippen LogP contribution is -1.94. The van der Waals surface area contributed by atoms with Gasteiger partial charge in [0.2, 0.25) is 0 Å². The zero-order valence-corrected chi connectivity index (χ0v) is 9.92. The molecule has 1 heteroatoms. The van der Waals surface area contributed by atoms with E-state index in [1.165, 1.54) is 11.1 Å². The first kappa shape index (κ1) is 11.8. The Kier molecular flexibility index (Phi) is 4.41. The van der Waals surface area contributed by atoms with E-state index in [9.17, 15) is 0 Å². The predicted molar refractivity (Wildman–Crippen MR) is 65.6 cm³/mol. The number of benzene rings is 1. The Bertz CT molecular complexity index is 328. The summed E-state index contributed by atoms with van der Waals surface area (Å²) in [5, 5.41) is 0. The molecule has 1 aromatic carbocycles. The van der Waals surface area contributed by atoms with Crippen LogP contribution < -0.4 is 4.74 Å². The van der Waals surface area contributed by atoms with E-state index in [0.29, 0.717) is 5.92 Å². The molecule has 1 unspecified atom stereocenters. The van der Waals surface area contributed by atoms with Crippen molar-refractivity contribution in [1.29, 1.82) is 0 Å². The number of methoxy groups -OCH3 is 1. The number of hydrogen-bond acceptors (Lipinski definition) is 1. The maximum Gasteiger partial charge on any atom is 0.119 e. The molecule has 0 fully saturated rings. The first-order valence-electron chi connectivity index (χ1n) is 5.51. The number of hydrogen-bond donors (Lipinski definition) is 0. The fourth-order valence-corrected chi connectivity index (χ4v) is 1.64. The highest BCUT2D eigenvalue weighted by Crippen LogP contribution is 2.24. The Morgan fingerprint density at radius 3 is 2.67 bits per heavy atom. The van der Waals surface area contributed by atoms with Crippen molar-refractivity contribution in [2.24, 2.45) is 0 Å². The fourth-order valence-electron chi connectivity index (χ4n) is 1.64. The molecule has 82 valence electrons. The van der Waals surface area contributed by atoms with E-state index >= 15 is 0 Å². The van der Waals surface area contributed by atoms with E-state index in [-0.39, 0.29) is 0 Å². The van der Waals surface area contributed by atoms with Gasteiger partial charge in [-0.25, -0.2) is 0 Å². The third kappa shape index (κ3) is 3.12. The van der Waals surface area contributed by atoms with Crippen LogP contribution in [0.1, 0.15) is 37.3 Å². The molecule has 0 saturated heterocycles. The van der Waals surface area contributed by atoms with Crippen molar-refractivity contribution < 1.29 is 4.74 Å². The van der Waals surface area contributed by atoms with E-state index in [1.807, 2.05) is 6.08 Å². The molecule has 1 nitrogen and oxygen atoms in total. The smallest absolute Gasteiger partial charge is 0.119 e. The van der Waals surface area contributed by atoms with Gasteiger partial charge in [0, 0.05) is 0 Å². The van der Waals surface area contributed by atoms with E-state index < -0.39 is 0 Å². The van der Waals surface area contributed by atoms with Gasteiger partial charge in [-0.1, -0.05) is 32.4 Å². The maximum absolute atomic E-state index is 5.30. The van der Waals surface area contributed by atoms with Gasteiger partial charge in [-0.3, -0.25) is 0 Å². The van der Waals surface area contributed by atoms with Crippen LogP contribution in [0.3, 0.4) is 0 Å². The molecule has 0 N–H and O–H groups in total. The van der Waals surface area contributed by atoms with Gasteiger partial charge in [0.1, 0.15) is 5.75 Å². The van der Waals surface area contributed by atoms with Gasteiger partial charge < -0.3 is 4.74 Å².